The molecule has 0 amide bonds. The summed E-state index contributed by atoms with van der Waals surface area (Å²) in [6.07, 6.45) is -6.86. The van der Waals surface area contributed by atoms with Crippen molar-refractivity contribution in [1.29, 1.82) is 0 Å². The lowest BCUT2D eigenvalue weighted by Gasteiger charge is -2.28. The number of rotatable bonds is 9. The van der Waals surface area contributed by atoms with Crippen LogP contribution in [-0.4, -0.2) is 73.2 Å². The first-order valence-electron chi connectivity index (χ1n) is 12.3. The number of carbonyl (C=O) groups excluding carboxylic acids is 1. The lowest BCUT2D eigenvalue weighted by Crippen LogP contribution is -2.43. The van der Waals surface area contributed by atoms with Crippen LogP contribution < -0.4 is 11.2 Å². The summed E-state index contributed by atoms with van der Waals surface area (Å²) in [6, 6.07) is 7.85. The Labute approximate surface area is 235 Å². The fourth-order valence-electron chi connectivity index (χ4n) is 4.28. The number of nitrogens with zero attached hydrogens (tertiary/aromatic N) is 3. The monoisotopic (exact) mass is 633 g/mol. The van der Waals surface area contributed by atoms with Crippen molar-refractivity contribution in [3.63, 3.8) is 0 Å². The number of aliphatic hydroxyl groups is 2. The van der Waals surface area contributed by atoms with Crippen molar-refractivity contribution in [3.05, 3.63) is 63.1 Å². The van der Waals surface area contributed by atoms with Crippen LogP contribution in [0.2, 0.25) is 0 Å². The van der Waals surface area contributed by atoms with E-state index in [1.165, 1.54) is 0 Å². The lowest BCUT2D eigenvalue weighted by atomic mass is 10.1. The van der Waals surface area contributed by atoms with Crippen molar-refractivity contribution in [3.8, 4) is 0 Å². The molecule has 2 aromatic heterocycles. The first-order valence-corrected chi connectivity index (χ1v) is 15.3. The maximum absolute atomic E-state index is 13.2. The average Bonchev–Trinajstić information content (AvgIpc) is 3.45. The summed E-state index contributed by atoms with van der Waals surface area (Å²) in [4.78, 5) is 46.9. The molecule has 2 saturated heterocycles. The van der Waals surface area contributed by atoms with Gasteiger partial charge in [-0.3, -0.25) is 27.8 Å². The van der Waals surface area contributed by atoms with E-state index in [2.05, 4.69) is 9.47 Å². The molecule has 20 heteroatoms. The Morgan fingerprint density at radius 1 is 1.21 bits per heavy atom. The molecule has 2 aliphatic heterocycles. The highest BCUT2D eigenvalue weighted by Gasteiger charge is 2.48. The Bertz CT molecular complexity index is 1680. The zero-order chi connectivity index (χ0) is 30.2. The van der Waals surface area contributed by atoms with Gasteiger partial charge in [0.2, 0.25) is 6.29 Å². The fourth-order valence-corrected chi connectivity index (χ4v) is 6.99. The van der Waals surface area contributed by atoms with Crippen molar-refractivity contribution in [2.75, 3.05) is 13.2 Å². The van der Waals surface area contributed by atoms with Gasteiger partial charge in [0.25, 0.3) is 5.56 Å². The molecule has 3 N–H and O–H groups in total. The van der Waals surface area contributed by atoms with E-state index in [0.717, 1.165) is 28.3 Å². The summed E-state index contributed by atoms with van der Waals surface area (Å²) < 4.78 is 61.2. The first-order chi connectivity index (χ1) is 19.9. The maximum Gasteiger partial charge on any atom is 0.486 e. The molecule has 7 atom stereocenters. The highest BCUT2D eigenvalue weighted by molar-refractivity contribution is 7.61. The van der Waals surface area contributed by atoms with Crippen LogP contribution in [0.1, 0.15) is 25.3 Å². The van der Waals surface area contributed by atoms with Crippen LogP contribution in [0.5, 0.6) is 0 Å². The third kappa shape index (κ3) is 6.48. The number of phosphoric acid groups is 2. The molecule has 5 rings (SSSR count). The Morgan fingerprint density at radius 3 is 2.74 bits per heavy atom. The Hall–Kier alpha value is -3.02. The van der Waals surface area contributed by atoms with Crippen LogP contribution in [-0.2, 0) is 47.8 Å². The summed E-state index contributed by atoms with van der Waals surface area (Å²) in [5.41, 5.74) is -0.869. The number of hydrogen-bond acceptors (Lipinski definition) is 15. The van der Waals surface area contributed by atoms with Gasteiger partial charge in [-0.25, -0.2) is 18.4 Å². The SMILES string of the molecule is CC(=O)OC1CCOP(=O)(OP(=O)(O)OC[C@H]2O[C@@H](n3ccc(=O)n(Cc4noc5ccccc45)c3=O)[C@H](O)[C@@H]2O)O1. The van der Waals surface area contributed by atoms with E-state index in [9.17, 15) is 38.6 Å². The van der Waals surface area contributed by atoms with E-state index in [1.54, 1.807) is 24.3 Å². The number of para-hydroxylation sites is 1. The van der Waals surface area contributed by atoms with Gasteiger partial charge in [-0.1, -0.05) is 17.3 Å². The highest BCUT2D eigenvalue weighted by atomic mass is 31.3. The molecule has 0 aliphatic carbocycles. The number of fused-ring (bicyclic) bond motifs is 1. The lowest BCUT2D eigenvalue weighted by molar-refractivity contribution is -0.169. The number of benzene rings is 1. The van der Waals surface area contributed by atoms with Crippen LogP contribution in [0.4, 0.5) is 0 Å². The Kier molecular flexibility index (Phi) is 8.65. The number of carbonyl (C=O) groups is 1. The van der Waals surface area contributed by atoms with Gasteiger partial charge in [0.15, 0.2) is 11.8 Å². The van der Waals surface area contributed by atoms with E-state index in [1.807, 2.05) is 0 Å². The second kappa shape index (κ2) is 11.9. The van der Waals surface area contributed by atoms with Crippen LogP contribution in [0.25, 0.3) is 11.0 Å². The molecule has 3 unspecified atom stereocenters. The minimum atomic E-state index is -5.21. The molecule has 228 valence electrons. The van der Waals surface area contributed by atoms with Crippen molar-refractivity contribution in [2.24, 2.45) is 0 Å². The van der Waals surface area contributed by atoms with Gasteiger partial charge in [-0.15, -0.1) is 0 Å². The summed E-state index contributed by atoms with van der Waals surface area (Å²) in [7, 11) is -9.92. The molecule has 3 aromatic rings. The number of aromatic nitrogens is 3. The van der Waals surface area contributed by atoms with Gasteiger partial charge >= 0.3 is 27.3 Å². The predicted octanol–water partition coefficient (Wildman–Crippen LogP) is 0.386. The molecular weight excluding hydrogens is 608 g/mol. The van der Waals surface area contributed by atoms with Gasteiger partial charge in [0.05, 0.1) is 19.8 Å². The predicted molar refractivity (Wildman–Crippen MR) is 136 cm³/mol. The van der Waals surface area contributed by atoms with E-state index < -0.39 is 70.3 Å². The standard InChI is InChI=1S/C22H25N3O15P2/c1-12(26)36-18-7-9-34-42(33,39-18)40-41(31,32)35-11-16-19(28)20(29)21(37-16)24-8-6-17(27)25(22(24)30)10-14-13-4-2-3-5-15(13)38-23-14/h2-6,8,16,18-21,28-29H,7,9-11H2,1H3,(H,31,32)/t16-,18?,19-,20-,21-,42?/m1/s1. The van der Waals surface area contributed by atoms with Crippen molar-refractivity contribution in [2.45, 2.75) is 50.7 Å². The van der Waals surface area contributed by atoms with Gasteiger partial charge in [-0.05, 0) is 12.1 Å². The Morgan fingerprint density at radius 2 is 1.98 bits per heavy atom. The molecule has 18 nitrogen and oxygen atoms in total. The average molecular weight is 633 g/mol. The summed E-state index contributed by atoms with van der Waals surface area (Å²) in [6.45, 7) is -0.395. The van der Waals surface area contributed by atoms with E-state index in [4.69, 9.17) is 27.6 Å². The van der Waals surface area contributed by atoms with E-state index in [0.29, 0.717) is 16.7 Å². The normalized spacial score (nSPS) is 29.4. The highest BCUT2D eigenvalue weighted by Crippen LogP contribution is 2.65. The van der Waals surface area contributed by atoms with E-state index in [-0.39, 0.29) is 19.6 Å². The number of hydrogen-bond donors (Lipinski definition) is 3. The van der Waals surface area contributed by atoms with Gasteiger partial charge < -0.3 is 29.1 Å². The maximum atomic E-state index is 13.2. The third-order valence-electron chi connectivity index (χ3n) is 6.22. The molecule has 1 aromatic carbocycles. The van der Waals surface area contributed by atoms with Gasteiger partial charge in [0.1, 0.15) is 24.0 Å². The minimum absolute atomic E-state index is 0.0211. The summed E-state index contributed by atoms with van der Waals surface area (Å²) in [5.74, 6) is -0.765. The van der Waals surface area contributed by atoms with Crippen LogP contribution in [0, 0.1) is 0 Å². The van der Waals surface area contributed by atoms with Gasteiger partial charge in [-0.2, -0.15) is 4.31 Å². The summed E-state index contributed by atoms with van der Waals surface area (Å²) >= 11 is 0. The summed E-state index contributed by atoms with van der Waals surface area (Å²) in [5, 5.41) is 25.6. The molecule has 0 saturated carbocycles. The topological polar surface area (TPSA) is 237 Å². The van der Waals surface area contributed by atoms with Crippen molar-refractivity contribution in [1.82, 2.24) is 14.3 Å². The van der Waals surface area contributed by atoms with Crippen molar-refractivity contribution < 1.29 is 60.9 Å². The van der Waals surface area contributed by atoms with Gasteiger partial charge in [0, 0.05) is 31.0 Å². The molecule has 2 aliphatic rings. The molecule has 4 heterocycles. The van der Waals surface area contributed by atoms with Crippen molar-refractivity contribution >= 4 is 32.6 Å². The fraction of sp³-hybridized carbons (Fsp3) is 0.455. The zero-order valence-corrected chi connectivity index (χ0v) is 23.4. The number of phosphoric ester groups is 2. The number of esters is 1. The van der Waals surface area contributed by atoms with Crippen LogP contribution in [0.15, 0.2) is 50.6 Å². The Balaban J connectivity index is 1.27. The first kappa shape index (κ1) is 30.4. The zero-order valence-electron chi connectivity index (χ0n) is 21.7. The van der Waals surface area contributed by atoms with Crippen LogP contribution in [0.3, 0.4) is 0 Å². The molecule has 2 fully saturated rings. The second-order valence-corrected chi connectivity index (χ2v) is 12.4. The molecular formula is C22H25N3O15P2. The second-order valence-electron chi connectivity index (χ2n) is 9.16. The molecule has 0 bridgehead atoms. The third-order valence-corrected chi connectivity index (χ3v) is 9.31. The minimum Gasteiger partial charge on any atom is -0.435 e. The number of ether oxygens (including phenoxy) is 2. The molecule has 42 heavy (non-hydrogen) atoms. The smallest absolute Gasteiger partial charge is 0.435 e. The number of aliphatic hydroxyl groups excluding tert-OH is 2. The van der Waals surface area contributed by atoms with E-state index >= 15 is 0 Å². The largest absolute Gasteiger partial charge is 0.486 e. The molecule has 0 radical (unpaired) electrons. The molecule has 0 spiro atoms. The van der Waals surface area contributed by atoms with Crippen LogP contribution >= 0.6 is 15.6 Å². The quantitative estimate of drug-likeness (QED) is 0.213.